The van der Waals surface area contributed by atoms with E-state index in [4.69, 9.17) is 27.9 Å². The maximum atomic E-state index is 12.5. The van der Waals surface area contributed by atoms with Crippen LogP contribution in [0.1, 0.15) is 32.4 Å². The minimum atomic E-state index is -0.545. The van der Waals surface area contributed by atoms with Crippen LogP contribution in [0.25, 0.3) is 0 Å². The zero-order chi connectivity index (χ0) is 17.1. The fraction of sp³-hybridized carbons (Fsp3) is 0.375. The largest absolute Gasteiger partial charge is 0.459 e. The lowest BCUT2D eigenvalue weighted by Crippen LogP contribution is -2.31. The summed E-state index contributed by atoms with van der Waals surface area (Å²) in [5, 5.41) is 4.66. The monoisotopic (exact) mass is 372 g/mol. The smallest absolute Gasteiger partial charge is 0.338 e. The van der Waals surface area contributed by atoms with E-state index < -0.39 is 12.0 Å². The normalized spacial score (nSPS) is 17.9. The number of benzene rings is 1. The van der Waals surface area contributed by atoms with Crippen LogP contribution in [-0.4, -0.2) is 23.5 Å². The molecule has 2 rings (SSSR count). The van der Waals surface area contributed by atoms with E-state index in [1.807, 2.05) is 33.1 Å². The van der Waals surface area contributed by atoms with Crippen molar-refractivity contribution in [2.24, 2.45) is 4.99 Å². The SMILES string of the molecule is CSC1=NC(c2cccc(Cl)c2Cl)C(C(=O)OC(C)C)=C(C)N1. The minimum absolute atomic E-state index is 0.218. The molecule has 23 heavy (non-hydrogen) atoms. The molecule has 0 aliphatic carbocycles. The lowest BCUT2D eigenvalue weighted by Gasteiger charge is -2.26. The van der Waals surface area contributed by atoms with Gasteiger partial charge in [0.2, 0.25) is 0 Å². The van der Waals surface area contributed by atoms with E-state index in [1.54, 1.807) is 12.1 Å². The molecule has 0 radical (unpaired) electrons. The molecule has 1 aliphatic heterocycles. The highest BCUT2D eigenvalue weighted by molar-refractivity contribution is 8.13. The zero-order valence-corrected chi connectivity index (χ0v) is 15.6. The van der Waals surface area contributed by atoms with Gasteiger partial charge < -0.3 is 10.1 Å². The molecule has 1 aliphatic rings. The first-order valence-corrected chi connectivity index (χ1v) is 9.07. The Bertz CT molecular complexity index is 687. The molecule has 1 aromatic carbocycles. The number of amidine groups is 1. The van der Waals surface area contributed by atoms with E-state index in [-0.39, 0.29) is 6.10 Å². The van der Waals surface area contributed by atoms with Crippen molar-refractivity contribution in [2.75, 3.05) is 6.26 Å². The molecule has 0 amide bonds. The summed E-state index contributed by atoms with van der Waals surface area (Å²) in [6.07, 6.45) is 1.69. The Morgan fingerprint density at radius 2 is 2.09 bits per heavy atom. The van der Waals surface area contributed by atoms with Gasteiger partial charge in [-0.3, -0.25) is 0 Å². The lowest BCUT2D eigenvalue weighted by molar-refractivity contribution is -0.143. The number of nitrogens with zero attached hydrogens (tertiary/aromatic N) is 1. The highest BCUT2D eigenvalue weighted by Crippen LogP contribution is 2.38. The maximum Gasteiger partial charge on any atom is 0.338 e. The first-order valence-electron chi connectivity index (χ1n) is 7.09. The van der Waals surface area contributed by atoms with Crippen LogP contribution in [0.2, 0.25) is 10.0 Å². The Balaban J connectivity index is 2.53. The van der Waals surface area contributed by atoms with Crippen LogP contribution in [-0.2, 0) is 9.53 Å². The molecule has 7 heteroatoms. The van der Waals surface area contributed by atoms with Crippen molar-refractivity contribution in [3.63, 3.8) is 0 Å². The summed E-state index contributed by atoms with van der Waals surface area (Å²) in [5.41, 5.74) is 1.83. The highest BCUT2D eigenvalue weighted by Gasteiger charge is 2.32. The van der Waals surface area contributed by atoms with Crippen molar-refractivity contribution in [1.29, 1.82) is 0 Å². The summed E-state index contributed by atoms with van der Waals surface area (Å²) in [4.78, 5) is 17.1. The molecule has 0 spiro atoms. The van der Waals surface area contributed by atoms with Crippen LogP contribution in [0, 0.1) is 0 Å². The van der Waals surface area contributed by atoms with Crippen LogP contribution in [0.4, 0.5) is 0 Å². The predicted molar refractivity (Wildman–Crippen MR) is 97.2 cm³/mol. The van der Waals surface area contributed by atoms with Crippen molar-refractivity contribution in [2.45, 2.75) is 32.9 Å². The summed E-state index contributed by atoms with van der Waals surface area (Å²) in [6.45, 7) is 5.44. The van der Waals surface area contributed by atoms with Crippen molar-refractivity contribution in [3.05, 3.63) is 45.1 Å². The van der Waals surface area contributed by atoms with Crippen LogP contribution < -0.4 is 5.32 Å². The number of allylic oxidation sites excluding steroid dienone is 1. The third-order valence-corrected chi connectivity index (χ3v) is 4.68. The van der Waals surface area contributed by atoms with Gasteiger partial charge >= 0.3 is 5.97 Å². The average molecular weight is 373 g/mol. The van der Waals surface area contributed by atoms with Gasteiger partial charge in [-0.2, -0.15) is 0 Å². The number of esters is 1. The number of hydrogen-bond donors (Lipinski definition) is 1. The summed E-state index contributed by atoms with van der Waals surface area (Å²) in [7, 11) is 0. The van der Waals surface area contributed by atoms with Crippen LogP contribution in [0.5, 0.6) is 0 Å². The van der Waals surface area contributed by atoms with Crippen molar-refractivity contribution < 1.29 is 9.53 Å². The van der Waals surface area contributed by atoms with Gasteiger partial charge in [-0.05, 0) is 33.1 Å². The number of carbonyl (C=O) groups is 1. The quantitative estimate of drug-likeness (QED) is 0.788. The first-order chi connectivity index (χ1) is 10.8. The maximum absolute atomic E-state index is 12.5. The van der Waals surface area contributed by atoms with E-state index in [0.29, 0.717) is 32.0 Å². The number of rotatable bonds is 3. The van der Waals surface area contributed by atoms with Gasteiger partial charge in [0, 0.05) is 11.3 Å². The molecule has 0 aromatic heterocycles. The molecule has 1 heterocycles. The van der Waals surface area contributed by atoms with Gasteiger partial charge in [-0.1, -0.05) is 47.1 Å². The van der Waals surface area contributed by atoms with Gasteiger partial charge in [0.05, 0.1) is 21.7 Å². The number of hydrogen-bond acceptors (Lipinski definition) is 5. The highest BCUT2D eigenvalue weighted by atomic mass is 35.5. The molecule has 4 nitrogen and oxygen atoms in total. The van der Waals surface area contributed by atoms with Crippen molar-refractivity contribution >= 4 is 46.1 Å². The Morgan fingerprint density at radius 3 is 2.70 bits per heavy atom. The lowest BCUT2D eigenvalue weighted by atomic mass is 9.96. The summed E-state index contributed by atoms with van der Waals surface area (Å²) in [5.74, 6) is -0.407. The van der Waals surface area contributed by atoms with E-state index in [1.165, 1.54) is 11.8 Å². The number of halogens is 2. The second-order valence-electron chi connectivity index (χ2n) is 5.30. The van der Waals surface area contributed by atoms with Crippen molar-refractivity contribution in [3.8, 4) is 0 Å². The Hall–Kier alpha value is -1.17. The van der Waals surface area contributed by atoms with Crippen LogP contribution in [0.3, 0.4) is 0 Å². The fourth-order valence-electron chi connectivity index (χ4n) is 2.25. The van der Waals surface area contributed by atoms with Crippen LogP contribution in [0.15, 0.2) is 34.5 Å². The summed E-state index contributed by atoms with van der Waals surface area (Å²) < 4.78 is 5.36. The number of ether oxygens (including phenoxy) is 1. The molecule has 1 atom stereocenters. The summed E-state index contributed by atoms with van der Waals surface area (Å²) in [6, 6.07) is 4.77. The number of aliphatic imine (C=N–C) groups is 1. The molecule has 0 saturated carbocycles. The first kappa shape index (κ1) is 18.2. The van der Waals surface area contributed by atoms with Crippen molar-refractivity contribution in [1.82, 2.24) is 5.32 Å². The number of nitrogens with one attached hydrogen (secondary N) is 1. The van der Waals surface area contributed by atoms with Crippen LogP contribution >= 0.6 is 35.0 Å². The Kier molecular flexibility index (Phi) is 6.00. The minimum Gasteiger partial charge on any atom is -0.459 e. The zero-order valence-electron chi connectivity index (χ0n) is 13.3. The van der Waals surface area contributed by atoms with Gasteiger partial charge in [-0.15, -0.1) is 0 Å². The number of thioether (sulfide) groups is 1. The molecule has 1 aromatic rings. The molecule has 0 saturated heterocycles. The molecular formula is C16H18Cl2N2O2S. The molecular weight excluding hydrogens is 355 g/mol. The third kappa shape index (κ3) is 4.03. The molecule has 124 valence electrons. The van der Waals surface area contributed by atoms with E-state index in [2.05, 4.69) is 10.3 Å². The molecule has 1 unspecified atom stereocenters. The third-order valence-electron chi connectivity index (χ3n) is 3.25. The average Bonchev–Trinajstić information content (AvgIpc) is 2.48. The Morgan fingerprint density at radius 1 is 1.39 bits per heavy atom. The van der Waals surface area contributed by atoms with Gasteiger partial charge in [0.1, 0.15) is 6.04 Å². The molecule has 0 bridgehead atoms. The topological polar surface area (TPSA) is 50.7 Å². The second kappa shape index (κ2) is 7.60. The standard InChI is InChI=1S/C16H18Cl2N2O2S/c1-8(2)22-15(21)12-9(3)19-16(23-4)20-14(12)10-6-5-7-11(17)13(10)18/h5-8,14H,1-4H3,(H,19,20). The second-order valence-corrected chi connectivity index (χ2v) is 6.88. The Labute approximate surface area is 150 Å². The molecule has 0 fully saturated rings. The van der Waals surface area contributed by atoms with E-state index in [0.717, 1.165) is 0 Å². The fourth-order valence-corrected chi connectivity index (χ4v) is 3.13. The summed E-state index contributed by atoms with van der Waals surface area (Å²) >= 11 is 13.9. The number of carbonyl (C=O) groups excluding carboxylic acids is 1. The molecule has 1 N–H and O–H groups in total. The predicted octanol–water partition coefficient (Wildman–Crippen LogP) is 4.58. The van der Waals surface area contributed by atoms with Gasteiger partial charge in [0.25, 0.3) is 0 Å². The van der Waals surface area contributed by atoms with Gasteiger partial charge in [-0.25, -0.2) is 9.79 Å². The van der Waals surface area contributed by atoms with Gasteiger partial charge in [0.15, 0.2) is 5.17 Å². The van der Waals surface area contributed by atoms with E-state index in [9.17, 15) is 4.79 Å². The van der Waals surface area contributed by atoms with E-state index >= 15 is 0 Å².